The number of hydrogen-bond donors (Lipinski definition) is 1. The Morgan fingerprint density at radius 1 is 1.53 bits per heavy atom. The monoisotopic (exact) mass is 262 g/mol. The van der Waals surface area contributed by atoms with Crippen molar-refractivity contribution in [3.05, 3.63) is 18.4 Å². The molecule has 0 spiro atoms. The van der Waals surface area contributed by atoms with Crippen LogP contribution in [0.1, 0.15) is 45.4 Å². The van der Waals surface area contributed by atoms with Crippen LogP contribution in [0, 0.1) is 17.8 Å². The lowest BCUT2D eigenvalue weighted by Crippen LogP contribution is -2.55. The molecule has 1 fully saturated rings. The van der Waals surface area contributed by atoms with E-state index < -0.39 is 11.0 Å². The average molecular weight is 262 g/mol. The molecule has 104 valence electrons. The van der Waals surface area contributed by atoms with Crippen molar-refractivity contribution < 1.29 is 14.6 Å². The lowest BCUT2D eigenvalue weighted by Gasteiger charge is -2.45. The van der Waals surface area contributed by atoms with Crippen LogP contribution in [0.15, 0.2) is 18.4 Å². The van der Waals surface area contributed by atoms with Crippen LogP contribution in [-0.2, 0) is 9.53 Å². The zero-order chi connectivity index (χ0) is 14.4. The van der Waals surface area contributed by atoms with Gasteiger partial charge in [-0.3, -0.25) is 4.79 Å². The van der Waals surface area contributed by atoms with E-state index in [2.05, 4.69) is 18.2 Å². The van der Waals surface area contributed by atoms with Gasteiger partial charge < -0.3 is 9.84 Å². The van der Waals surface area contributed by atoms with Crippen molar-refractivity contribution in [1.29, 1.82) is 0 Å². The van der Waals surface area contributed by atoms with Gasteiger partial charge in [-0.1, -0.05) is 18.9 Å². The zero-order valence-electron chi connectivity index (χ0n) is 11.6. The van der Waals surface area contributed by atoms with E-state index in [0.29, 0.717) is 32.3 Å². The second-order valence-corrected chi connectivity index (χ2v) is 4.96. The lowest BCUT2D eigenvalue weighted by molar-refractivity contribution is -0.175. The summed E-state index contributed by atoms with van der Waals surface area (Å²) in [6.45, 7) is 5.55. The normalized spacial score (nSPS) is 29.9. The molecule has 1 saturated carbocycles. The lowest BCUT2D eigenvalue weighted by atomic mass is 9.61. The molecule has 0 aromatic carbocycles. The van der Waals surface area contributed by atoms with Crippen LogP contribution < -0.4 is 0 Å². The molecule has 0 heterocycles. The molecule has 0 saturated heterocycles. The highest BCUT2D eigenvalue weighted by molar-refractivity contribution is 5.79. The Morgan fingerprint density at radius 2 is 2.21 bits per heavy atom. The van der Waals surface area contributed by atoms with Gasteiger partial charge in [0.15, 0.2) is 0 Å². The van der Waals surface area contributed by atoms with Gasteiger partial charge in [0.05, 0.1) is 6.61 Å². The number of carbonyl (C=O) groups is 1. The van der Waals surface area contributed by atoms with Crippen molar-refractivity contribution >= 4 is 5.97 Å². The van der Waals surface area contributed by atoms with Crippen LogP contribution in [-0.4, -0.2) is 23.3 Å². The summed E-state index contributed by atoms with van der Waals surface area (Å²) in [6, 6.07) is 0. The molecule has 1 N–H and O–H groups in total. The Bertz CT molecular complexity index is 414. The van der Waals surface area contributed by atoms with E-state index in [1.54, 1.807) is 13.0 Å². The van der Waals surface area contributed by atoms with Crippen LogP contribution in [0.2, 0.25) is 0 Å². The zero-order valence-corrected chi connectivity index (χ0v) is 11.6. The third-order valence-corrected chi connectivity index (χ3v) is 3.95. The van der Waals surface area contributed by atoms with Crippen molar-refractivity contribution in [2.45, 2.75) is 51.0 Å². The summed E-state index contributed by atoms with van der Waals surface area (Å²) < 4.78 is 5.17. The summed E-state index contributed by atoms with van der Waals surface area (Å²) in [5.41, 5.74) is 0.274. The molecular formula is C16H22O3. The number of hydrogen-bond acceptors (Lipinski definition) is 3. The maximum atomic E-state index is 12.4. The minimum atomic E-state index is -1.41. The fourth-order valence-electron chi connectivity index (χ4n) is 2.86. The van der Waals surface area contributed by atoms with Crippen molar-refractivity contribution in [2.75, 3.05) is 6.61 Å². The Hall–Kier alpha value is -1.49. The largest absolute Gasteiger partial charge is 0.465 e. The number of terminal acetylenes is 1. The topological polar surface area (TPSA) is 46.5 Å². The molecule has 0 bridgehead atoms. The van der Waals surface area contributed by atoms with Gasteiger partial charge in [-0.2, -0.15) is 0 Å². The molecule has 1 aliphatic carbocycles. The molecule has 2 atom stereocenters. The number of ether oxygens (including phenoxy) is 1. The van der Waals surface area contributed by atoms with E-state index in [4.69, 9.17) is 11.2 Å². The Morgan fingerprint density at radius 3 is 2.79 bits per heavy atom. The first kappa shape index (κ1) is 15.6. The van der Waals surface area contributed by atoms with Gasteiger partial charge in [-0.05, 0) is 45.1 Å². The van der Waals surface area contributed by atoms with Crippen molar-refractivity contribution in [2.24, 2.45) is 5.41 Å². The summed E-state index contributed by atoms with van der Waals surface area (Å²) in [6.07, 6.45) is 11.1. The standard InChI is InChI=1S/C16H22O3/c1-4-7-8-11-15(14(17)19-6-3)12-9-10-13-16(15,18)5-2/h2,7,18H,1,6,8-13H2,3H3. The smallest absolute Gasteiger partial charge is 0.316 e. The van der Waals surface area contributed by atoms with Crippen molar-refractivity contribution in [3.63, 3.8) is 0 Å². The van der Waals surface area contributed by atoms with Gasteiger partial charge in [0.25, 0.3) is 0 Å². The molecule has 1 aliphatic rings. The van der Waals surface area contributed by atoms with E-state index in [1.165, 1.54) is 0 Å². The summed E-state index contributed by atoms with van der Waals surface area (Å²) in [5.74, 6) is 2.06. The molecule has 0 aliphatic heterocycles. The van der Waals surface area contributed by atoms with Gasteiger partial charge in [0.2, 0.25) is 0 Å². The van der Waals surface area contributed by atoms with Crippen molar-refractivity contribution in [1.82, 2.24) is 0 Å². The fraction of sp³-hybridized carbons (Fsp3) is 0.625. The van der Waals surface area contributed by atoms with E-state index in [1.807, 2.05) is 0 Å². The summed E-state index contributed by atoms with van der Waals surface area (Å²) in [5, 5.41) is 10.7. The summed E-state index contributed by atoms with van der Waals surface area (Å²) >= 11 is 0. The minimum Gasteiger partial charge on any atom is -0.465 e. The molecule has 3 heteroatoms. The molecule has 2 unspecified atom stereocenters. The van der Waals surface area contributed by atoms with Crippen LogP contribution in [0.3, 0.4) is 0 Å². The van der Waals surface area contributed by atoms with E-state index in [9.17, 15) is 9.90 Å². The second-order valence-electron chi connectivity index (χ2n) is 4.96. The number of allylic oxidation sites excluding steroid dienone is 1. The quantitative estimate of drug-likeness (QED) is 0.470. The first-order valence-electron chi connectivity index (χ1n) is 6.78. The summed E-state index contributed by atoms with van der Waals surface area (Å²) in [4.78, 5) is 12.4. The van der Waals surface area contributed by atoms with E-state index in [0.717, 1.165) is 12.8 Å². The maximum Gasteiger partial charge on any atom is 0.316 e. The molecule has 0 amide bonds. The molecule has 0 aromatic rings. The van der Waals surface area contributed by atoms with E-state index in [-0.39, 0.29) is 5.97 Å². The van der Waals surface area contributed by atoms with Crippen LogP contribution in [0.4, 0.5) is 0 Å². The van der Waals surface area contributed by atoms with E-state index >= 15 is 0 Å². The Labute approximate surface area is 115 Å². The number of rotatable bonds is 5. The molecule has 3 nitrogen and oxygen atoms in total. The SMILES string of the molecule is C#CC1(O)CCCCC1(CCC=C=C)C(=O)OCC. The third-order valence-electron chi connectivity index (χ3n) is 3.95. The molecule has 1 rings (SSSR count). The maximum absolute atomic E-state index is 12.4. The first-order chi connectivity index (χ1) is 9.06. The highest BCUT2D eigenvalue weighted by atomic mass is 16.5. The van der Waals surface area contributed by atoms with Gasteiger partial charge >= 0.3 is 5.97 Å². The highest BCUT2D eigenvalue weighted by Gasteiger charge is 2.56. The molecule has 0 aromatic heterocycles. The number of esters is 1. The Balaban J connectivity index is 3.11. The van der Waals surface area contributed by atoms with Crippen LogP contribution >= 0.6 is 0 Å². The first-order valence-corrected chi connectivity index (χ1v) is 6.78. The van der Waals surface area contributed by atoms with Crippen molar-refractivity contribution in [3.8, 4) is 12.3 Å². The fourth-order valence-corrected chi connectivity index (χ4v) is 2.86. The molecular weight excluding hydrogens is 240 g/mol. The van der Waals surface area contributed by atoms with Crippen LogP contribution in [0.25, 0.3) is 0 Å². The number of carbonyl (C=O) groups excluding carboxylic acids is 1. The Kier molecular flexibility index (Phi) is 5.42. The van der Waals surface area contributed by atoms with Gasteiger partial charge in [0.1, 0.15) is 11.0 Å². The predicted molar refractivity (Wildman–Crippen MR) is 74.3 cm³/mol. The third kappa shape index (κ3) is 2.92. The number of aliphatic hydroxyl groups is 1. The highest BCUT2D eigenvalue weighted by Crippen LogP contribution is 2.48. The van der Waals surface area contributed by atoms with Gasteiger partial charge in [0, 0.05) is 0 Å². The molecule has 0 radical (unpaired) electrons. The minimum absolute atomic E-state index is 0.290. The van der Waals surface area contributed by atoms with Gasteiger partial charge in [-0.15, -0.1) is 12.2 Å². The molecule has 19 heavy (non-hydrogen) atoms. The average Bonchev–Trinajstić information content (AvgIpc) is 2.41. The van der Waals surface area contributed by atoms with Gasteiger partial charge in [-0.25, -0.2) is 0 Å². The van der Waals surface area contributed by atoms with Crippen LogP contribution in [0.5, 0.6) is 0 Å². The second kappa shape index (κ2) is 6.61. The predicted octanol–water partition coefficient (Wildman–Crippen LogP) is 2.60. The summed E-state index contributed by atoms with van der Waals surface area (Å²) in [7, 11) is 0.